The quantitative estimate of drug-likeness (QED) is 0.798. The highest BCUT2D eigenvalue weighted by Gasteiger charge is 2.61. The standard InChI is InChI=1S/C12H17F2NO3/c1-8(16)15-11(9(17)18)6-10(7-11)2-4-12(13,14)5-3-10/h2-7H2,1H3,(H,15,16)(H,17,18). The number of hydrogen-bond acceptors (Lipinski definition) is 2. The number of nitrogens with one attached hydrogen (secondary N) is 1. The van der Waals surface area contributed by atoms with Crippen LogP contribution in [0.1, 0.15) is 45.4 Å². The second-order valence-electron chi connectivity index (χ2n) is 5.78. The molecule has 4 nitrogen and oxygen atoms in total. The van der Waals surface area contributed by atoms with Gasteiger partial charge in [0, 0.05) is 19.8 Å². The van der Waals surface area contributed by atoms with Crippen LogP contribution >= 0.6 is 0 Å². The molecule has 0 aliphatic heterocycles. The maximum atomic E-state index is 13.1. The van der Waals surface area contributed by atoms with E-state index in [0.29, 0.717) is 12.8 Å². The monoisotopic (exact) mass is 261 g/mol. The lowest BCUT2D eigenvalue weighted by Crippen LogP contribution is -2.67. The van der Waals surface area contributed by atoms with E-state index in [4.69, 9.17) is 0 Å². The molecule has 1 spiro atoms. The van der Waals surface area contributed by atoms with Crippen molar-refractivity contribution in [1.82, 2.24) is 5.32 Å². The van der Waals surface area contributed by atoms with E-state index in [0.717, 1.165) is 0 Å². The van der Waals surface area contributed by atoms with Crippen molar-refractivity contribution in [2.75, 3.05) is 0 Å². The van der Waals surface area contributed by atoms with Gasteiger partial charge in [-0.25, -0.2) is 13.6 Å². The van der Waals surface area contributed by atoms with E-state index in [9.17, 15) is 23.5 Å². The molecule has 2 N–H and O–H groups in total. The summed E-state index contributed by atoms with van der Waals surface area (Å²) in [5.74, 6) is -4.07. The fourth-order valence-electron chi connectivity index (χ4n) is 3.36. The van der Waals surface area contributed by atoms with Crippen LogP contribution in [-0.4, -0.2) is 28.4 Å². The van der Waals surface area contributed by atoms with Crippen LogP contribution in [-0.2, 0) is 9.59 Å². The molecule has 2 rings (SSSR count). The van der Waals surface area contributed by atoms with Gasteiger partial charge in [0.1, 0.15) is 5.54 Å². The molecular weight excluding hydrogens is 244 g/mol. The van der Waals surface area contributed by atoms with E-state index in [1.54, 1.807) is 0 Å². The number of carbonyl (C=O) groups excluding carboxylic acids is 1. The summed E-state index contributed by atoms with van der Waals surface area (Å²) in [6.07, 6.45) is 0.866. The summed E-state index contributed by atoms with van der Waals surface area (Å²) in [7, 11) is 0. The topological polar surface area (TPSA) is 66.4 Å². The molecule has 0 aromatic heterocycles. The molecule has 2 fully saturated rings. The molecule has 102 valence electrons. The lowest BCUT2D eigenvalue weighted by Gasteiger charge is -2.56. The van der Waals surface area contributed by atoms with Crippen molar-refractivity contribution < 1.29 is 23.5 Å². The third-order valence-corrected chi connectivity index (χ3v) is 4.22. The average molecular weight is 261 g/mol. The van der Waals surface area contributed by atoms with Crippen molar-refractivity contribution in [3.05, 3.63) is 0 Å². The van der Waals surface area contributed by atoms with Gasteiger partial charge in [0.25, 0.3) is 0 Å². The number of amides is 1. The zero-order chi connectivity index (χ0) is 13.6. The van der Waals surface area contributed by atoms with E-state index in [-0.39, 0.29) is 31.1 Å². The van der Waals surface area contributed by atoms with E-state index < -0.39 is 23.3 Å². The number of hydrogen-bond donors (Lipinski definition) is 2. The van der Waals surface area contributed by atoms with Crippen molar-refractivity contribution >= 4 is 11.9 Å². The fourth-order valence-corrected chi connectivity index (χ4v) is 3.36. The summed E-state index contributed by atoms with van der Waals surface area (Å²) in [4.78, 5) is 22.3. The smallest absolute Gasteiger partial charge is 0.329 e. The number of aliphatic carboxylic acids is 1. The molecule has 2 aliphatic carbocycles. The number of alkyl halides is 2. The van der Waals surface area contributed by atoms with Gasteiger partial charge in [0.15, 0.2) is 0 Å². The molecule has 0 bridgehead atoms. The van der Waals surface area contributed by atoms with Gasteiger partial charge in [-0.1, -0.05) is 0 Å². The highest BCUT2D eigenvalue weighted by Crippen LogP contribution is 2.59. The Kier molecular flexibility index (Phi) is 2.87. The van der Waals surface area contributed by atoms with Crippen LogP contribution in [0.15, 0.2) is 0 Å². The van der Waals surface area contributed by atoms with Crippen LogP contribution in [0.5, 0.6) is 0 Å². The Morgan fingerprint density at radius 1 is 1.11 bits per heavy atom. The maximum Gasteiger partial charge on any atom is 0.329 e. The molecule has 18 heavy (non-hydrogen) atoms. The first kappa shape index (κ1) is 13.2. The van der Waals surface area contributed by atoms with Crippen molar-refractivity contribution in [3.63, 3.8) is 0 Å². The largest absolute Gasteiger partial charge is 0.480 e. The van der Waals surface area contributed by atoms with Gasteiger partial charge in [0.2, 0.25) is 11.8 Å². The molecule has 1 amide bonds. The molecule has 0 unspecified atom stereocenters. The molecule has 0 atom stereocenters. The Hall–Kier alpha value is -1.20. The fraction of sp³-hybridized carbons (Fsp3) is 0.833. The Bertz CT molecular complexity index is 377. The van der Waals surface area contributed by atoms with Crippen molar-refractivity contribution in [1.29, 1.82) is 0 Å². The first-order valence-electron chi connectivity index (χ1n) is 6.09. The maximum absolute atomic E-state index is 13.1. The zero-order valence-corrected chi connectivity index (χ0v) is 10.3. The summed E-state index contributed by atoms with van der Waals surface area (Å²) >= 11 is 0. The predicted octanol–water partition coefficient (Wildman–Crippen LogP) is 1.94. The summed E-state index contributed by atoms with van der Waals surface area (Å²) < 4.78 is 26.2. The van der Waals surface area contributed by atoms with E-state index >= 15 is 0 Å². The Balaban J connectivity index is 2.03. The molecule has 0 saturated heterocycles. The van der Waals surface area contributed by atoms with Gasteiger partial charge >= 0.3 is 5.97 Å². The lowest BCUT2D eigenvalue weighted by atomic mass is 9.51. The van der Waals surface area contributed by atoms with Crippen molar-refractivity contribution in [3.8, 4) is 0 Å². The molecular formula is C12H17F2NO3. The average Bonchev–Trinajstić information content (AvgIpc) is 2.17. The molecule has 0 radical (unpaired) electrons. The lowest BCUT2D eigenvalue weighted by molar-refractivity contribution is -0.167. The normalized spacial score (nSPS) is 27.3. The highest BCUT2D eigenvalue weighted by atomic mass is 19.3. The molecule has 0 heterocycles. The molecule has 0 aromatic rings. The van der Waals surface area contributed by atoms with Crippen LogP contribution in [0.25, 0.3) is 0 Å². The zero-order valence-electron chi connectivity index (χ0n) is 10.3. The summed E-state index contributed by atoms with van der Waals surface area (Å²) in [6.45, 7) is 1.27. The van der Waals surface area contributed by atoms with Crippen molar-refractivity contribution in [2.45, 2.75) is 56.9 Å². The Labute approximate surface area is 104 Å². The second-order valence-corrected chi connectivity index (χ2v) is 5.78. The van der Waals surface area contributed by atoms with Gasteiger partial charge in [-0.2, -0.15) is 0 Å². The Morgan fingerprint density at radius 3 is 2.00 bits per heavy atom. The van der Waals surface area contributed by atoms with Crippen LogP contribution in [0, 0.1) is 5.41 Å². The van der Waals surface area contributed by atoms with Gasteiger partial charge < -0.3 is 10.4 Å². The molecule has 2 aliphatic rings. The minimum atomic E-state index is -2.61. The van der Waals surface area contributed by atoms with Gasteiger partial charge in [0.05, 0.1) is 0 Å². The van der Waals surface area contributed by atoms with Crippen LogP contribution in [0.2, 0.25) is 0 Å². The predicted molar refractivity (Wildman–Crippen MR) is 59.3 cm³/mol. The Morgan fingerprint density at radius 2 is 1.61 bits per heavy atom. The third-order valence-electron chi connectivity index (χ3n) is 4.22. The highest BCUT2D eigenvalue weighted by molar-refractivity contribution is 5.87. The van der Waals surface area contributed by atoms with E-state index in [1.807, 2.05) is 0 Å². The van der Waals surface area contributed by atoms with Crippen LogP contribution in [0.4, 0.5) is 8.78 Å². The SMILES string of the molecule is CC(=O)NC1(C(=O)O)CC2(CCC(F)(F)CC2)C1. The summed E-state index contributed by atoms with van der Waals surface area (Å²) in [5, 5.41) is 11.6. The summed E-state index contributed by atoms with van der Waals surface area (Å²) in [5.41, 5.74) is -1.55. The number of carboxylic acids is 1. The second kappa shape index (κ2) is 3.90. The van der Waals surface area contributed by atoms with E-state index in [2.05, 4.69) is 5.32 Å². The van der Waals surface area contributed by atoms with Crippen LogP contribution < -0.4 is 5.32 Å². The van der Waals surface area contributed by atoms with Crippen LogP contribution in [0.3, 0.4) is 0 Å². The first-order valence-corrected chi connectivity index (χ1v) is 6.09. The number of carbonyl (C=O) groups is 2. The minimum Gasteiger partial charge on any atom is -0.480 e. The molecule has 0 aromatic carbocycles. The van der Waals surface area contributed by atoms with E-state index in [1.165, 1.54) is 6.92 Å². The van der Waals surface area contributed by atoms with Crippen molar-refractivity contribution in [2.24, 2.45) is 5.41 Å². The number of rotatable bonds is 2. The van der Waals surface area contributed by atoms with Gasteiger partial charge in [-0.3, -0.25) is 4.79 Å². The molecule has 6 heteroatoms. The summed E-state index contributed by atoms with van der Waals surface area (Å²) in [6, 6.07) is 0. The number of halogens is 2. The van der Waals surface area contributed by atoms with Gasteiger partial charge in [-0.15, -0.1) is 0 Å². The third kappa shape index (κ3) is 2.20. The molecule has 2 saturated carbocycles. The minimum absolute atomic E-state index is 0.178. The number of carboxylic acid groups (broad SMARTS) is 1. The first-order chi connectivity index (χ1) is 8.19. The van der Waals surface area contributed by atoms with Gasteiger partial charge in [-0.05, 0) is 31.1 Å².